The monoisotopic (exact) mass is 322 g/mol. The van der Waals surface area contributed by atoms with Gasteiger partial charge in [0.25, 0.3) is 5.56 Å². The molecule has 7 nitrogen and oxygen atoms in total. The molecule has 1 heterocycles. The van der Waals surface area contributed by atoms with Gasteiger partial charge in [0.1, 0.15) is 17.3 Å². The number of nitrogens with one attached hydrogen (secondary N) is 1. The van der Waals surface area contributed by atoms with Crippen molar-refractivity contribution < 1.29 is 19.4 Å². The van der Waals surface area contributed by atoms with Crippen molar-refractivity contribution in [2.24, 2.45) is 0 Å². The van der Waals surface area contributed by atoms with Crippen molar-refractivity contribution >= 4 is 17.7 Å². The van der Waals surface area contributed by atoms with Crippen molar-refractivity contribution in [3.8, 4) is 0 Å². The van der Waals surface area contributed by atoms with E-state index in [0.717, 1.165) is 4.57 Å². The van der Waals surface area contributed by atoms with Gasteiger partial charge in [0.15, 0.2) is 0 Å². The van der Waals surface area contributed by atoms with E-state index in [2.05, 4.69) is 11.9 Å². The fraction of sp³-hybridized carbons (Fsp3) is 0.438. The normalized spacial score (nSPS) is 12.3. The molecule has 0 radical (unpaired) electrons. The third-order valence-corrected chi connectivity index (χ3v) is 2.94. The van der Waals surface area contributed by atoms with Crippen molar-refractivity contribution in [3.63, 3.8) is 0 Å². The number of allylic oxidation sites excluding steroid dienone is 1. The number of anilines is 1. The van der Waals surface area contributed by atoms with E-state index in [9.17, 15) is 19.5 Å². The van der Waals surface area contributed by atoms with Gasteiger partial charge in [0, 0.05) is 5.69 Å². The summed E-state index contributed by atoms with van der Waals surface area (Å²) >= 11 is 0. The van der Waals surface area contributed by atoms with Gasteiger partial charge in [-0.1, -0.05) is 6.08 Å². The van der Waals surface area contributed by atoms with Crippen LogP contribution < -0.4 is 10.9 Å². The van der Waals surface area contributed by atoms with Gasteiger partial charge >= 0.3 is 12.1 Å². The summed E-state index contributed by atoms with van der Waals surface area (Å²) in [6.07, 6.45) is 0.741. The van der Waals surface area contributed by atoms with Gasteiger partial charge in [-0.15, -0.1) is 6.58 Å². The molecule has 0 aliphatic carbocycles. The number of rotatable bonds is 5. The number of aliphatic carboxylic acids is 1. The summed E-state index contributed by atoms with van der Waals surface area (Å²) in [7, 11) is 0. The van der Waals surface area contributed by atoms with Crippen LogP contribution in [0.3, 0.4) is 0 Å². The number of aromatic nitrogens is 1. The lowest BCUT2D eigenvalue weighted by Crippen LogP contribution is -2.34. The predicted octanol–water partition coefficient (Wildman–Crippen LogP) is 2.71. The maximum atomic E-state index is 12.5. The highest BCUT2D eigenvalue weighted by molar-refractivity contribution is 5.84. The van der Waals surface area contributed by atoms with E-state index in [1.165, 1.54) is 12.1 Å². The van der Waals surface area contributed by atoms with Gasteiger partial charge < -0.3 is 9.84 Å². The summed E-state index contributed by atoms with van der Waals surface area (Å²) in [6.45, 7) is 10.2. The van der Waals surface area contributed by atoms with Crippen molar-refractivity contribution in [1.82, 2.24) is 4.57 Å². The molecule has 0 saturated heterocycles. The minimum atomic E-state index is -1.15. The van der Waals surface area contributed by atoms with Crippen LogP contribution >= 0.6 is 0 Å². The van der Waals surface area contributed by atoms with Crippen LogP contribution in [-0.2, 0) is 9.53 Å². The molecular weight excluding hydrogens is 300 g/mol. The van der Waals surface area contributed by atoms with Crippen LogP contribution in [-0.4, -0.2) is 27.3 Å². The number of carboxylic acids is 1. The number of hydrogen-bond acceptors (Lipinski definition) is 4. The lowest BCUT2D eigenvalue weighted by molar-refractivity contribution is -0.140. The second-order valence-electron chi connectivity index (χ2n) is 6.07. The molecule has 0 aliphatic rings. The summed E-state index contributed by atoms with van der Waals surface area (Å²) in [5.74, 6) is -1.15. The zero-order chi connectivity index (χ0) is 17.8. The molecule has 1 atom stereocenters. The van der Waals surface area contributed by atoms with Crippen LogP contribution in [0.5, 0.6) is 0 Å². The number of carbonyl (C=O) groups excluding carboxylic acids is 1. The van der Waals surface area contributed by atoms with E-state index >= 15 is 0 Å². The number of carbonyl (C=O) groups is 2. The molecule has 23 heavy (non-hydrogen) atoms. The second-order valence-corrected chi connectivity index (χ2v) is 6.07. The Kier molecular flexibility index (Phi) is 5.73. The van der Waals surface area contributed by atoms with E-state index in [1.54, 1.807) is 33.8 Å². The molecule has 0 saturated carbocycles. The molecule has 7 heteroatoms. The zero-order valence-electron chi connectivity index (χ0n) is 13.8. The molecule has 0 aliphatic heterocycles. The molecule has 0 fully saturated rings. The molecule has 1 aromatic rings. The number of hydrogen-bond donors (Lipinski definition) is 2. The molecule has 0 spiro atoms. The highest BCUT2D eigenvalue weighted by Gasteiger charge is 2.23. The lowest BCUT2D eigenvalue weighted by Gasteiger charge is -2.21. The quantitative estimate of drug-likeness (QED) is 0.812. The first-order valence-electron chi connectivity index (χ1n) is 7.12. The molecule has 1 aromatic heterocycles. The van der Waals surface area contributed by atoms with Crippen molar-refractivity contribution in [1.29, 1.82) is 0 Å². The average molecular weight is 322 g/mol. The molecule has 0 bridgehead atoms. The van der Waals surface area contributed by atoms with Crippen LogP contribution in [0.15, 0.2) is 29.6 Å². The third-order valence-electron chi connectivity index (χ3n) is 2.94. The molecule has 2 N–H and O–H groups in total. The van der Waals surface area contributed by atoms with Crippen LogP contribution in [0.25, 0.3) is 0 Å². The first kappa shape index (κ1) is 18.5. The van der Waals surface area contributed by atoms with Gasteiger partial charge in [-0.25, -0.2) is 9.59 Å². The lowest BCUT2D eigenvalue weighted by atomic mass is 10.1. The molecule has 1 amide bonds. The van der Waals surface area contributed by atoms with Gasteiger partial charge in [-0.05, 0) is 46.2 Å². The number of pyridine rings is 1. The standard InChI is InChI=1S/C16H22N2O5/c1-6-7-12(14(20)21)18-10(2)8-9-11(13(18)19)17-15(22)23-16(3,4)5/h6,8-9,12H,1,7H2,2-5H3,(H,17,22)(H,20,21)/t12-/m0/s1. The van der Waals surface area contributed by atoms with E-state index in [-0.39, 0.29) is 12.1 Å². The SMILES string of the molecule is C=CC[C@@H](C(=O)O)n1c(C)ccc(NC(=O)OC(C)(C)C)c1=O. The average Bonchev–Trinajstić information content (AvgIpc) is 2.39. The highest BCUT2D eigenvalue weighted by atomic mass is 16.6. The van der Waals surface area contributed by atoms with Crippen molar-refractivity contribution in [3.05, 3.63) is 40.8 Å². The Morgan fingerprint density at radius 3 is 2.52 bits per heavy atom. The topological polar surface area (TPSA) is 97.6 Å². The maximum absolute atomic E-state index is 12.5. The summed E-state index contributed by atoms with van der Waals surface area (Å²) in [5.41, 5.74) is -0.885. The number of ether oxygens (including phenoxy) is 1. The minimum Gasteiger partial charge on any atom is -0.480 e. The Bertz CT molecular complexity index is 670. The Morgan fingerprint density at radius 2 is 2.04 bits per heavy atom. The Balaban J connectivity index is 3.21. The van der Waals surface area contributed by atoms with Crippen LogP contribution in [0.2, 0.25) is 0 Å². The van der Waals surface area contributed by atoms with Gasteiger partial charge in [-0.2, -0.15) is 0 Å². The number of nitrogens with zero attached hydrogens (tertiary/aromatic N) is 1. The fourth-order valence-electron chi connectivity index (χ4n) is 2.02. The molecule has 0 unspecified atom stereocenters. The Hall–Kier alpha value is -2.57. The van der Waals surface area contributed by atoms with Crippen LogP contribution in [0.1, 0.15) is 38.9 Å². The van der Waals surface area contributed by atoms with Crippen LogP contribution in [0, 0.1) is 6.92 Å². The smallest absolute Gasteiger partial charge is 0.412 e. The number of amides is 1. The maximum Gasteiger partial charge on any atom is 0.412 e. The van der Waals surface area contributed by atoms with E-state index in [0.29, 0.717) is 5.69 Å². The second kappa shape index (κ2) is 7.13. The van der Waals surface area contributed by atoms with Crippen molar-refractivity contribution in [2.45, 2.75) is 45.8 Å². The predicted molar refractivity (Wildman–Crippen MR) is 86.8 cm³/mol. The summed E-state index contributed by atoms with van der Waals surface area (Å²) in [6, 6.07) is 1.90. The summed E-state index contributed by atoms with van der Waals surface area (Å²) < 4.78 is 6.21. The largest absolute Gasteiger partial charge is 0.480 e. The first-order chi connectivity index (χ1) is 10.6. The van der Waals surface area contributed by atoms with Crippen molar-refractivity contribution in [2.75, 3.05) is 5.32 Å². The molecule has 0 aromatic carbocycles. The molecule has 1 rings (SSSR count). The fourth-order valence-corrected chi connectivity index (χ4v) is 2.02. The van der Waals surface area contributed by atoms with E-state index in [4.69, 9.17) is 4.74 Å². The Morgan fingerprint density at radius 1 is 1.43 bits per heavy atom. The Labute approximate surface area is 134 Å². The molecular formula is C16H22N2O5. The first-order valence-corrected chi connectivity index (χ1v) is 7.12. The minimum absolute atomic E-state index is 0.0415. The van der Waals surface area contributed by atoms with Gasteiger partial charge in [-0.3, -0.25) is 14.7 Å². The third kappa shape index (κ3) is 4.98. The van der Waals surface area contributed by atoms with E-state index < -0.39 is 29.3 Å². The van der Waals surface area contributed by atoms with Gasteiger partial charge in [0.05, 0.1) is 0 Å². The number of carboxylic acid groups (broad SMARTS) is 1. The highest BCUT2D eigenvalue weighted by Crippen LogP contribution is 2.16. The summed E-state index contributed by atoms with van der Waals surface area (Å²) in [5, 5.41) is 11.7. The number of aryl methyl sites for hydroxylation is 1. The molecule has 126 valence electrons. The van der Waals surface area contributed by atoms with E-state index in [1.807, 2.05) is 0 Å². The zero-order valence-corrected chi connectivity index (χ0v) is 13.8. The summed E-state index contributed by atoms with van der Waals surface area (Å²) in [4.78, 5) is 35.7. The van der Waals surface area contributed by atoms with Crippen LogP contribution in [0.4, 0.5) is 10.5 Å². The van der Waals surface area contributed by atoms with Gasteiger partial charge in [0.2, 0.25) is 0 Å².